The summed E-state index contributed by atoms with van der Waals surface area (Å²) in [5, 5.41) is 3.18. The van der Waals surface area contributed by atoms with Gasteiger partial charge in [0.15, 0.2) is 9.84 Å². The second kappa shape index (κ2) is 8.20. The summed E-state index contributed by atoms with van der Waals surface area (Å²) in [5.41, 5.74) is 0.798. The Bertz CT molecular complexity index is 1090. The molecule has 1 aliphatic carbocycles. The minimum Gasteiger partial charge on any atom is -0.347 e. The summed E-state index contributed by atoms with van der Waals surface area (Å²) in [4.78, 5) is 17.3. The Labute approximate surface area is 172 Å². The molecule has 2 heterocycles. The third-order valence-electron chi connectivity index (χ3n) is 5.25. The molecule has 0 bridgehead atoms. The number of alkyl halides is 1. The number of nitrogens with one attached hydrogen (secondary N) is 1. The number of thiophene rings is 1. The Morgan fingerprint density at radius 3 is 2.72 bits per heavy atom. The van der Waals surface area contributed by atoms with Crippen LogP contribution in [0.2, 0.25) is 0 Å². The van der Waals surface area contributed by atoms with E-state index in [9.17, 15) is 17.6 Å². The van der Waals surface area contributed by atoms with Gasteiger partial charge in [-0.05, 0) is 60.9 Å². The molecule has 0 spiro atoms. The van der Waals surface area contributed by atoms with Crippen molar-refractivity contribution in [2.45, 2.75) is 48.5 Å². The van der Waals surface area contributed by atoms with Crippen molar-refractivity contribution in [1.82, 2.24) is 10.3 Å². The first-order valence-electron chi connectivity index (χ1n) is 9.52. The first-order valence-corrected chi connectivity index (χ1v) is 11.9. The fourth-order valence-corrected chi connectivity index (χ4v) is 6.41. The third-order valence-corrected chi connectivity index (χ3v) is 8.57. The van der Waals surface area contributed by atoms with Crippen molar-refractivity contribution < 1.29 is 17.6 Å². The van der Waals surface area contributed by atoms with Gasteiger partial charge in [-0.1, -0.05) is 12.1 Å². The zero-order valence-electron chi connectivity index (χ0n) is 15.7. The minimum absolute atomic E-state index is 0.0742. The lowest BCUT2D eigenvalue weighted by Gasteiger charge is -2.24. The molecule has 2 aromatic heterocycles. The summed E-state index contributed by atoms with van der Waals surface area (Å²) in [6.45, 7) is 0.293. The fourth-order valence-electron chi connectivity index (χ4n) is 3.62. The minimum atomic E-state index is -3.53. The molecule has 152 valence electrons. The van der Waals surface area contributed by atoms with Crippen molar-refractivity contribution in [3.63, 3.8) is 0 Å². The number of fused-ring (bicyclic) bond motifs is 1. The van der Waals surface area contributed by atoms with E-state index in [2.05, 4.69) is 10.3 Å². The molecule has 0 radical (unpaired) electrons. The first-order chi connectivity index (χ1) is 13.9. The van der Waals surface area contributed by atoms with Gasteiger partial charge in [0.1, 0.15) is 6.17 Å². The number of carbonyl (C=O) groups excluding carboxylic acids is 1. The maximum Gasteiger partial charge on any atom is 0.261 e. The number of halogens is 1. The van der Waals surface area contributed by atoms with E-state index < -0.39 is 21.3 Å². The van der Waals surface area contributed by atoms with Gasteiger partial charge in [0.25, 0.3) is 5.91 Å². The summed E-state index contributed by atoms with van der Waals surface area (Å²) in [6.07, 6.45) is 4.00. The van der Waals surface area contributed by atoms with Crippen molar-refractivity contribution in [2.75, 3.05) is 0 Å². The van der Waals surface area contributed by atoms with E-state index in [0.29, 0.717) is 30.7 Å². The van der Waals surface area contributed by atoms with Crippen LogP contribution >= 0.6 is 11.3 Å². The van der Waals surface area contributed by atoms with Gasteiger partial charge in [-0.15, -0.1) is 11.3 Å². The molecule has 8 heteroatoms. The van der Waals surface area contributed by atoms with E-state index in [0.717, 1.165) is 15.6 Å². The molecule has 1 N–H and O–H groups in total. The molecule has 4 rings (SSSR count). The Hall–Kier alpha value is -2.32. The van der Waals surface area contributed by atoms with Crippen LogP contribution in [-0.4, -0.2) is 30.7 Å². The van der Waals surface area contributed by atoms with Gasteiger partial charge in [-0.3, -0.25) is 9.78 Å². The van der Waals surface area contributed by atoms with Crippen molar-refractivity contribution in [3.05, 3.63) is 59.2 Å². The molecule has 1 aliphatic rings. The van der Waals surface area contributed by atoms with Crippen LogP contribution in [0.25, 0.3) is 10.1 Å². The van der Waals surface area contributed by atoms with Crippen LogP contribution in [0.15, 0.2) is 53.7 Å². The lowest BCUT2D eigenvalue weighted by molar-refractivity contribution is 0.0955. The number of carbonyl (C=O) groups is 1. The molecule has 1 fully saturated rings. The van der Waals surface area contributed by atoms with Crippen molar-refractivity contribution in [1.29, 1.82) is 0 Å². The molecule has 0 aliphatic heterocycles. The lowest BCUT2D eigenvalue weighted by atomic mass is 9.98. The summed E-state index contributed by atoms with van der Waals surface area (Å²) in [6, 6.07) is 10.2. The monoisotopic (exact) mass is 432 g/mol. The molecular weight excluding hydrogens is 411 g/mol. The lowest BCUT2D eigenvalue weighted by Crippen LogP contribution is -2.29. The van der Waals surface area contributed by atoms with E-state index in [4.69, 9.17) is 0 Å². The molecule has 5 nitrogen and oxygen atoms in total. The highest BCUT2D eigenvalue weighted by Gasteiger charge is 2.32. The van der Waals surface area contributed by atoms with Gasteiger partial charge < -0.3 is 5.32 Å². The van der Waals surface area contributed by atoms with Crippen LogP contribution in [0.1, 0.15) is 40.9 Å². The van der Waals surface area contributed by atoms with Gasteiger partial charge in [0.05, 0.1) is 19.7 Å². The van der Waals surface area contributed by atoms with E-state index in [1.54, 1.807) is 36.7 Å². The number of hydrogen-bond donors (Lipinski definition) is 1. The number of pyridine rings is 1. The van der Waals surface area contributed by atoms with E-state index in [1.807, 2.05) is 12.1 Å². The van der Waals surface area contributed by atoms with Gasteiger partial charge in [-0.2, -0.15) is 0 Å². The van der Waals surface area contributed by atoms with Crippen molar-refractivity contribution >= 4 is 37.2 Å². The maximum atomic E-state index is 13.6. The highest BCUT2D eigenvalue weighted by Crippen LogP contribution is 2.30. The highest BCUT2D eigenvalue weighted by atomic mass is 32.2. The largest absolute Gasteiger partial charge is 0.347 e. The molecular formula is C21H21FN2O3S2. The predicted molar refractivity (Wildman–Crippen MR) is 112 cm³/mol. The van der Waals surface area contributed by atoms with Crippen LogP contribution in [0.5, 0.6) is 0 Å². The Kier molecular flexibility index (Phi) is 5.65. The molecule has 29 heavy (non-hydrogen) atoms. The summed E-state index contributed by atoms with van der Waals surface area (Å²) in [5.74, 6) is -0.181. The topological polar surface area (TPSA) is 76.1 Å². The van der Waals surface area contributed by atoms with E-state index >= 15 is 0 Å². The number of hydrogen-bond acceptors (Lipinski definition) is 5. The number of benzene rings is 1. The van der Waals surface area contributed by atoms with Gasteiger partial charge in [0.2, 0.25) is 0 Å². The summed E-state index contributed by atoms with van der Waals surface area (Å²) in [7, 11) is -3.53. The number of nitrogens with zero attached hydrogens (tertiary/aromatic N) is 1. The molecule has 1 amide bonds. The number of sulfone groups is 1. The van der Waals surface area contributed by atoms with Crippen LogP contribution in [0.4, 0.5) is 4.39 Å². The van der Waals surface area contributed by atoms with Crippen LogP contribution < -0.4 is 5.32 Å². The average Bonchev–Trinajstić information content (AvgIpc) is 3.17. The Morgan fingerprint density at radius 1 is 1.21 bits per heavy atom. The molecule has 2 unspecified atom stereocenters. The van der Waals surface area contributed by atoms with Gasteiger partial charge in [0, 0.05) is 18.9 Å². The van der Waals surface area contributed by atoms with Gasteiger partial charge in [-0.25, -0.2) is 12.8 Å². The van der Waals surface area contributed by atoms with Crippen LogP contribution in [0.3, 0.4) is 0 Å². The number of rotatable bonds is 5. The van der Waals surface area contributed by atoms with Crippen molar-refractivity contribution in [3.8, 4) is 0 Å². The Balaban J connectivity index is 1.41. The van der Waals surface area contributed by atoms with Gasteiger partial charge >= 0.3 is 0 Å². The quantitative estimate of drug-likeness (QED) is 0.653. The molecule has 3 aromatic rings. The third kappa shape index (κ3) is 4.33. The SMILES string of the molecule is O=C(NCc1ccc(S(=O)(=O)C2CCCC(F)C2)cc1)c1cc2ccncc2s1. The zero-order chi connectivity index (χ0) is 20.4. The first kappa shape index (κ1) is 20.0. The van der Waals surface area contributed by atoms with Crippen LogP contribution in [0, 0.1) is 0 Å². The smallest absolute Gasteiger partial charge is 0.261 e. The zero-order valence-corrected chi connectivity index (χ0v) is 17.3. The second-order valence-electron chi connectivity index (χ2n) is 7.28. The fraction of sp³-hybridized carbons (Fsp3) is 0.333. The van der Waals surface area contributed by atoms with E-state index in [-0.39, 0.29) is 17.2 Å². The molecule has 1 saturated carbocycles. The number of aromatic nitrogens is 1. The highest BCUT2D eigenvalue weighted by molar-refractivity contribution is 7.92. The molecule has 2 atom stereocenters. The summed E-state index contributed by atoms with van der Waals surface area (Å²) < 4.78 is 40.1. The van der Waals surface area contributed by atoms with Crippen molar-refractivity contribution in [2.24, 2.45) is 0 Å². The van der Waals surface area contributed by atoms with E-state index in [1.165, 1.54) is 11.3 Å². The average molecular weight is 433 g/mol. The van der Waals surface area contributed by atoms with Crippen LogP contribution in [-0.2, 0) is 16.4 Å². The molecule has 1 aromatic carbocycles. The number of amides is 1. The Morgan fingerprint density at radius 2 is 2.00 bits per heavy atom. The normalized spacial score (nSPS) is 19.9. The predicted octanol–water partition coefficient (Wildman–Crippen LogP) is 4.28. The summed E-state index contributed by atoms with van der Waals surface area (Å²) >= 11 is 1.38. The molecule has 0 saturated heterocycles. The standard InChI is InChI=1S/C21H21FN2O3S2/c22-16-2-1-3-18(11-16)29(26,27)17-6-4-14(5-7-17)12-24-21(25)19-10-15-8-9-23-13-20(15)28-19/h4-10,13,16,18H,1-3,11-12H2,(H,24,25). The maximum absolute atomic E-state index is 13.6. The second-order valence-corrected chi connectivity index (χ2v) is 10.6.